The lowest BCUT2D eigenvalue weighted by Gasteiger charge is -2.20. The molecule has 2 rings (SSSR count). The molecule has 0 heterocycles. The monoisotopic (exact) mass is 404 g/mol. The summed E-state index contributed by atoms with van der Waals surface area (Å²) in [6, 6.07) is 12.4. The zero-order chi connectivity index (χ0) is 21.1. The first-order valence-corrected chi connectivity index (χ1v) is 10.5. The molecule has 0 unspecified atom stereocenters. The summed E-state index contributed by atoms with van der Waals surface area (Å²) in [5.74, 6) is 0.231. The number of amides is 1. The van der Waals surface area contributed by atoms with Crippen LogP contribution in [0.1, 0.15) is 38.8 Å². The maximum absolute atomic E-state index is 12.5. The highest BCUT2D eigenvalue weighted by Gasteiger charge is 2.19. The SMILES string of the molecule is CNS(=O)(=O)c1cc(NC(=O)[C@@H](C)Oc2ccc(C(C)(C)C)cc2)ccc1C. The lowest BCUT2D eigenvalue weighted by Crippen LogP contribution is -2.30. The smallest absolute Gasteiger partial charge is 0.265 e. The Morgan fingerprint density at radius 2 is 1.68 bits per heavy atom. The van der Waals surface area contributed by atoms with Gasteiger partial charge in [0.25, 0.3) is 5.91 Å². The van der Waals surface area contributed by atoms with Gasteiger partial charge in [0.1, 0.15) is 5.75 Å². The van der Waals surface area contributed by atoms with Gasteiger partial charge in [-0.1, -0.05) is 39.0 Å². The van der Waals surface area contributed by atoms with Crippen LogP contribution in [0, 0.1) is 6.92 Å². The average molecular weight is 405 g/mol. The van der Waals surface area contributed by atoms with E-state index >= 15 is 0 Å². The summed E-state index contributed by atoms with van der Waals surface area (Å²) >= 11 is 0. The predicted molar refractivity (Wildman–Crippen MR) is 111 cm³/mol. The van der Waals surface area contributed by atoms with Crippen LogP contribution >= 0.6 is 0 Å². The quantitative estimate of drug-likeness (QED) is 0.770. The van der Waals surface area contributed by atoms with Crippen LogP contribution in [0.5, 0.6) is 5.75 Å². The number of hydrogen-bond donors (Lipinski definition) is 2. The van der Waals surface area contributed by atoms with E-state index < -0.39 is 16.1 Å². The van der Waals surface area contributed by atoms with Crippen LogP contribution < -0.4 is 14.8 Å². The molecule has 0 saturated carbocycles. The van der Waals surface area contributed by atoms with E-state index in [0.29, 0.717) is 17.0 Å². The minimum Gasteiger partial charge on any atom is -0.481 e. The minimum atomic E-state index is -3.60. The molecule has 0 fully saturated rings. The molecule has 0 saturated heterocycles. The summed E-state index contributed by atoms with van der Waals surface area (Å²) in [4.78, 5) is 12.6. The zero-order valence-corrected chi connectivity index (χ0v) is 18.0. The van der Waals surface area contributed by atoms with Crippen molar-refractivity contribution in [2.75, 3.05) is 12.4 Å². The zero-order valence-electron chi connectivity index (χ0n) is 17.2. The van der Waals surface area contributed by atoms with Crippen LogP contribution in [0.2, 0.25) is 0 Å². The summed E-state index contributed by atoms with van der Waals surface area (Å²) in [6.07, 6.45) is -0.744. The van der Waals surface area contributed by atoms with Crippen molar-refractivity contribution < 1.29 is 17.9 Å². The fraction of sp³-hybridized carbons (Fsp3) is 0.381. The molecule has 2 N–H and O–H groups in total. The van der Waals surface area contributed by atoms with Crippen molar-refractivity contribution in [3.8, 4) is 5.75 Å². The van der Waals surface area contributed by atoms with Crippen molar-refractivity contribution in [1.29, 1.82) is 0 Å². The molecule has 28 heavy (non-hydrogen) atoms. The van der Waals surface area contributed by atoms with Gasteiger partial charge in [-0.25, -0.2) is 13.1 Å². The maximum atomic E-state index is 12.5. The van der Waals surface area contributed by atoms with E-state index in [1.807, 2.05) is 24.3 Å². The molecular weight excluding hydrogens is 376 g/mol. The molecule has 0 aliphatic carbocycles. The second-order valence-corrected chi connectivity index (χ2v) is 9.57. The molecule has 2 aromatic rings. The highest BCUT2D eigenvalue weighted by atomic mass is 32.2. The predicted octanol–water partition coefficient (Wildman–Crippen LogP) is 3.61. The number of ether oxygens (including phenoxy) is 1. The molecule has 0 radical (unpaired) electrons. The van der Waals surface area contributed by atoms with Crippen molar-refractivity contribution >= 4 is 21.6 Å². The van der Waals surface area contributed by atoms with E-state index in [-0.39, 0.29) is 16.2 Å². The Bertz CT molecular complexity index is 945. The van der Waals surface area contributed by atoms with Crippen LogP contribution in [0.15, 0.2) is 47.4 Å². The molecule has 1 amide bonds. The summed E-state index contributed by atoms with van der Waals surface area (Å²) in [7, 11) is -2.26. The van der Waals surface area contributed by atoms with Crippen molar-refractivity contribution in [3.05, 3.63) is 53.6 Å². The lowest BCUT2D eigenvalue weighted by molar-refractivity contribution is -0.122. The Morgan fingerprint density at radius 1 is 1.07 bits per heavy atom. The molecule has 0 aromatic heterocycles. The average Bonchev–Trinajstić information content (AvgIpc) is 2.62. The van der Waals surface area contributed by atoms with Gasteiger partial charge < -0.3 is 10.1 Å². The molecule has 6 nitrogen and oxygen atoms in total. The number of hydrogen-bond acceptors (Lipinski definition) is 4. The first kappa shape index (κ1) is 21.9. The molecule has 0 spiro atoms. The van der Waals surface area contributed by atoms with E-state index in [1.165, 1.54) is 18.7 Å². The first-order valence-electron chi connectivity index (χ1n) is 9.06. The molecule has 1 atom stereocenters. The topological polar surface area (TPSA) is 84.5 Å². The van der Waals surface area contributed by atoms with Gasteiger partial charge in [0.05, 0.1) is 4.90 Å². The van der Waals surface area contributed by atoms with Crippen LogP contribution in [0.3, 0.4) is 0 Å². The fourth-order valence-corrected chi connectivity index (χ4v) is 3.61. The third-order valence-corrected chi connectivity index (χ3v) is 5.97. The van der Waals surface area contributed by atoms with Gasteiger partial charge in [-0.3, -0.25) is 4.79 Å². The van der Waals surface area contributed by atoms with Crippen molar-refractivity contribution in [2.45, 2.75) is 51.0 Å². The van der Waals surface area contributed by atoms with E-state index in [2.05, 4.69) is 30.8 Å². The number of nitrogens with one attached hydrogen (secondary N) is 2. The normalized spacial score (nSPS) is 13.1. The van der Waals surface area contributed by atoms with Crippen LogP contribution in [-0.2, 0) is 20.2 Å². The Morgan fingerprint density at radius 3 is 2.21 bits per heavy atom. The minimum absolute atomic E-state index is 0.0400. The Kier molecular flexibility index (Phi) is 6.52. The molecule has 0 bridgehead atoms. The van der Waals surface area contributed by atoms with E-state index in [0.717, 1.165) is 0 Å². The molecule has 0 aliphatic rings. The fourth-order valence-electron chi connectivity index (χ4n) is 2.61. The third-order valence-electron chi connectivity index (χ3n) is 4.42. The summed E-state index contributed by atoms with van der Waals surface area (Å²) in [5.41, 5.74) is 2.20. The Labute approximate surface area is 167 Å². The van der Waals surface area contributed by atoms with Gasteiger partial charge in [0, 0.05) is 5.69 Å². The van der Waals surface area contributed by atoms with Gasteiger partial charge in [0.15, 0.2) is 6.10 Å². The highest BCUT2D eigenvalue weighted by Crippen LogP contribution is 2.25. The van der Waals surface area contributed by atoms with Gasteiger partial charge in [-0.15, -0.1) is 0 Å². The molecule has 7 heteroatoms. The molecule has 0 aliphatic heterocycles. The summed E-state index contributed by atoms with van der Waals surface area (Å²) < 4.78 is 32.2. The molecular formula is C21H28N2O4S. The van der Waals surface area contributed by atoms with Gasteiger partial charge in [-0.2, -0.15) is 0 Å². The summed E-state index contributed by atoms with van der Waals surface area (Å²) in [6.45, 7) is 9.73. The van der Waals surface area contributed by atoms with E-state index in [9.17, 15) is 13.2 Å². The van der Waals surface area contributed by atoms with Crippen molar-refractivity contribution in [3.63, 3.8) is 0 Å². The second-order valence-electron chi connectivity index (χ2n) is 7.71. The third kappa shape index (κ3) is 5.33. The van der Waals surface area contributed by atoms with E-state index in [1.54, 1.807) is 26.0 Å². The number of sulfonamides is 1. The standard InChI is InChI=1S/C21H28N2O4S/c1-14-7-10-17(13-19(14)28(25,26)22-6)23-20(24)15(2)27-18-11-8-16(9-12-18)21(3,4)5/h7-13,15,22H,1-6H3,(H,23,24)/t15-/m1/s1. The molecule has 2 aromatic carbocycles. The van der Waals surface area contributed by atoms with E-state index in [4.69, 9.17) is 4.74 Å². The van der Waals surface area contributed by atoms with Crippen LogP contribution in [0.4, 0.5) is 5.69 Å². The van der Waals surface area contributed by atoms with Crippen molar-refractivity contribution in [2.24, 2.45) is 0 Å². The first-order chi connectivity index (χ1) is 12.9. The Hall–Kier alpha value is -2.38. The second kappa shape index (κ2) is 8.32. The highest BCUT2D eigenvalue weighted by molar-refractivity contribution is 7.89. The number of benzene rings is 2. The Balaban J connectivity index is 2.09. The molecule has 152 valence electrons. The number of aryl methyl sites for hydroxylation is 1. The largest absolute Gasteiger partial charge is 0.481 e. The number of anilines is 1. The van der Waals surface area contributed by atoms with Crippen LogP contribution in [-0.4, -0.2) is 27.5 Å². The maximum Gasteiger partial charge on any atom is 0.265 e. The van der Waals surface area contributed by atoms with Crippen molar-refractivity contribution in [1.82, 2.24) is 4.72 Å². The number of carbonyl (C=O) groups excluding carboxylic acids is 1. The van der Waals surface area contributed by atoms with Crippen LogP contribution in [0.25, 0.3) is 0 Å². The number of rotatable bonds is 6. The van der Waals surface area contributed by atoms with Gasteiger partial charge in [-0.05, 0) is 61.7 Å². The summed E-state index contributed by atoms with van der Waals surface area (Å²) in [5, 5.41) is 2.71. The van der Waals surface area contributed by atoms with Gasteiger partial charge in [0.2, 0.25) is 10.0 Å². The van der Waals surface area contributed by atoms with Gasteiger partial charge >= 0.3 is 0 Å². The lowest BCUT2D eigenvalue weighted by atomic mass is 9.87. The number of carbonyl (C=O) groups is 1.